The van der Waals surface area contributed by atoms with Crippen molar-refractivity contribution in [3.05, 3.63) is 42.0 Å². The van der Waals surface area contributed by atoms with Crippen LogP contribution >= 0.6 is 0 Å². The van der Waals surface area contributed by atoms with E-state index in [-0.39, 0.29) is 5.60 Å². The average Bonchev–Trinajstić information content (AvgIpc) is 2.86. The van der Waals surface area contributed by atoms with Crippen LogP contribution in [-0.2, 0) is 11.3 Å². The predicted octanol–water partition coefficient (Wildman–Crippen LogP) is 3.08. The highest BCUT2D eigenvalue weighted by atomic mass is 16.5. The van der Waals surface area contributed by atoms with E-state index in [1.54, 1.807) is 0 Å². The third-order valence-electron chi connectivity index (χ3n) is 4.12. The highest BCUT2D eigenvalue weighted by Gasteiger charge is 2.28. The maximum Gasteiger partial charge on any atom is 0.0779 e. The van der Waals surface area contributed by atoms with Crippen molar-refractivity contribution in [1.82, 2.24) is 5.32 Å². The summed E-state index contributed by atoms with van der Waals surface area (Å²) >= 11 is 0. The monoisotopic (exact) mass is 270 g/mol. The first-order valence-corrected chi connectivity index (χ1v) is 7.28. The molecule has 0 bridgehead atoms. The molecule has 3 nitrogen and oxygen atoms in total. The number of hydrogen-bond donors (Lipinski definition) is 2. The van der Waals surface area contributed by atoms with Crippen LogP contribution in [0.2, 0.25) is 0 Å². The minimum absolute atomic E-state index is 0.00832. The molecular formula is C17H22N2O. The molecule has 3 heteroatoms. The second kappa shape index (κ2) is 5.43. The molecule has 20 heavy (non-hydrogen) atoms. The van der Waals surface area contributed by atoms with Gasteiger partial charge in [-0.2, -0.15) is 0 Å². The van der Waals surface area contributed by atoms with E-state index in [0.717, 1.165) is 43.8 Å². The third kappa shape index (κ3) is 2.79. The van der Waals surface area contributed by atoms with E-state index in [9.17, 15) is 0 Å². The largest absolute Gasteiger partial charge is 0.398 e. The van der Waals surface area contributed by atoms with Gasteiger partial charge in [-0.05, 0) is 48.2 Å². The highest BCUT2D eigenvalue weighted by molar-refractivity contribution is 5.86. The Morgan fingerprint density at radius 1 is 1.25 bits per heavy atom. The van der Waals surface area contributed by atoms with Crippen LogP contribution in [0.1, 0.15) is 25.3 Å². The fourth-order valence-corrected chi connectivity index (χ4v) is 2.90. The van der Waals surface area contributed by atoms with Crippen LogP contribution in [0.4, 0.5) is 5.69 Å². The SMILES string of the molecule is CC1(CNCc2cc3ccccc3cc2N)CCCO1. The van der Waals surface area contributed by atoms with Gasteiger partial charge in [0.25, 0.3) is 0 Å². The van der Waals surface area contributed by atoms with Crippen LogP contribution in [0, 0.1) is 0 Å². The van der Waals surface area contributed by atoms with Crippen LogP contribution in [-0.4, -0.2) is 18.8 Å². The van der Waals surface area contributed by atoms with Crippen molar-refractivity contribution in [2.75, 3.05) is 18.9 Å². The van der Waals surface area contributed by atoms with Crippen molar-refractivity contribution in [2.24, 2.45) is 0 Å². The molecule has 3 N–H and O–H groups in total. The summed E-state index contributed by atoms with van der Waals surface area (Å²) < 4.78 is 5.79. The summed E-state index contributed by atoms with van der Waals surface area (Å²) in [4.78, 5) is 0. The molecule has 2 aromatic rings. The van der Waals surface area contributed by atoms with E-state index in [4.69, 9.17) is 10.5 Å². The highest BCUT2D eigenvalue weighted by Crippen LogP contribution is 2.25. The van der Waals surface area contributed by atoms with Gasteiger partial charge in [0.2, 0.25) is 0 Å². The van der Waals surface area contributed by atoms with Gasteiger partial charge in [-0.1, -0.05) is 24.3 Å². The predicted molar refractivity (Wildman–Crippen MR) is 83.7 cm³/mol. The number of nitrogen functional groups attached to an aromatic ring is 1. The topological polar surface area (TPSA) is 47.3 Å². The standard InChI is InChI=1S/C17H22N2O/c1-17(7-4-8-20-17)12-19-11-15-9-13-5-2-3-6-14(13)10-16(15)18/h2-3,5-6,9-10,19H,4,7-8,11-12,18H2,1H3. The number of rotatable bonds is 4. The first-order chi connectivity index (χ1) is 9.66. The second-order valence-electron chi connectivity index (χ2n) is 5.90. The van der Waals surface area contributed by atoms with E-state index in [2.05, 4.69) is 42.6 Å². The smallest absolute Gasteiger partial charge is 0.0779 e. The number of nitrogens with two attached hydrogens (primary N) is 1. The van der Waals surface area contributed by atoms with Crippen LogP contribution in [0.5, 0.6) is 0 Å². The zero-order valence-electron chi connectivity index (χ0n) is 12.0. The first kappa shape index (κ1) is 13.4. The van der Waals surface area contributed by atoms with Gasteiger partial charge < -0.3 is 15.8 Å². The van der Waals surface area contributed by atoms with Gasteiger partial charge in [0.15, 0.2) is 0 Å². The molecule has 2 aromatic carbocycles. The lowest BCUT2D eigenvalue weighted by molar-refractivity contribution is 0.0207. The molecule has 106 valence electrons. The number of anilines is 1. The van der Waals surface area contributed by atoms with Crippen LogP contribution < -0.4 is 11.1 Å². The number of fused-ring (bicyclic) bond motifs is 1. The molecule has 1 saturated heterocycles. The normalized spacial score (nSPS) is 22.4. The molecule has 1 aliphatic rings. The fourth-order valence-electron chi connectivity index (χ4n) is 2.90. The molecule has 3 rings (SSSR count). The number of benzene rings is 2. The van der Waals surface area contributed by atoms with E-state index in [1.165, 1.54) is 10.8 Å². The average molecular weight is 270 g/mol. The van der Waals surface area contributed by atoms with Crippen molar-refractivity contribution in [3.8, 4) is 0 Å². The Balaban J connectivity index is 1.69. The molecule has 1 aliphatic heterocycles. The van der Waals surface area contributed by atoms with Crippen LogP contribution in [0.15, 0.2) is 36.4 Å². The van der Waals surface area contributed by atoms with Crippen LogP contribution in [0.25, 0.3) is 10.8 Å². The Morgan fingerprint density at radius 3 is 2.70 bits per heavy atom. The van der Waals surface area contributed by atoms with Crippen LogP contribution in [0.3, 0.4) is 0 Å². The maximum atomic E-state index is 6.14. The van der Waals surface area contributed by atoms with Crippen molar-refractivity contribution >= 4 is 16.5 Å². The summed E-state index contributed by atoms with van der Waals surface area (Å²) in [6, 6.07) is 12.5. The van der Waals surface area contributed by atoms with Gasteiger partial charge in [0.1, 0.15) is 0 Å². The van der Waals surface area contributed by atoms with Crippen molar-refractivity contribution in [3.63, 3.8) is 0 Å². The Bertz CT molecular complexity index is 603. The minimum Gasteiger partial charge on any atom is -0.398 e. The van der Waals surface area contributed by atoms with Gasteiger partial charge >= 0.3 is 0 Å². The lowest BCUT2D eigenvalue weighted by Crippen LogP contribution is -2.36. The van der Waals surface area contributed by atoms with E-state index >= 15 is 0 Å². The molecule has 0 aromatic heterocycles. The summed E-state index contributed by atoms with van der Waals surface area (Å²) in [5.41, 5.74) is 8.15. The molecule has 0 amide bonds. The lowest BCUT2D eigenvalue weighted by Gasteiger charge is -2.23. The summed E-state index contributed by atoms with van der Waals surface area (Å²) in [6.45, 7) is 4.72. The Hall–Kier alpha value is -1.58. The zero-order valence-corrected chi connectivity index (χ0v) is 12.0. The first-order valence-electron chi connectivity index (χ1n) is 7.28. The summed E-state index contributed by atoms with van der Waals surface area (Å²) in [6.07, 6.45) is 2.30. The summed E-state index contributed by atoms with van der Waals surface area (Å²) in [5, 5.41) is 5.92. The number of ether oxygens (including phenoxy) is 1. The molecule has 0 saturated carbocycles. The molecule has 1 atom stereocenters. The third-order valence-corrected chi connectivity index (χ3v) is 4.12. The zero-order chi connectivity index (χ0) is 14.0. The van der Waals surface area contributed by atoms with Gasteiger partial charge in [-0.25, -0.2) is 0 Å². The maximum absolute atomic E-state index is 6.14. The Kier molecular flexibility index (Phi) is 3.64. The van der Waals surface area contributed by atoms with E-state index in [1.807, 2.05) is 6.07 Å². The fraction of sp³-hybridized carbons (Fsp3) is 0.412. The second-order valence-corrected chi connectivity index (χ2v) is 5.90. The van der Waals surface area contributed by atoms with Crippen molar-refractivity contribution in [2.45, 2.75) is 31.9 Å². The molecule has 1 fully saturated rings. The summed E-state index contributed by atoms with van der Waals surface area (Å²) in [7, 11) is 0. The Morgan fingerprint density at radius 2 is 2.00 bits per heavy atom. The van der Waals surface area contributed by atoms with E-state index < -0.39 is 0 Å². The molecule has 0 spiro atoms. The lowest BCUT2D eigenvalue weighted by atomic mass is 10.0. The molecule has 0 radical (unpaired) electrons. The van der Waals surface area contributed by atoms with Crippen molar-refractivity contribution in [1.29, 1.82) is 0 Å². The molecule has 1 unspecified atom stereocenters. The Labute approximate surface area is 120 Å². The van der Waals surface area contributed by atoms with Gasteiger partial charge in [0.05, 0.1) is 5.60 Å². The van der Waals surface area contributed by atoms with Gasteiger partial charge in [0, 0.05) is 25.4 Å². The van der Waals surface area contributed by atoms with Gasteiger partial charge in [-0.3, -0.25) is 0 Å². The number of hydrogen-bond acceptors (Lipinski definition) is 3. The number of nitrogens with one attached hydrogen (secondary N) is 1. The molecule has 0 aliphatic carbocycles. The van der Waals surface area contributed by atoms with Gasteiger partial charge in [-0.15, -0.1) is 0 Å². The molecule has 1 heterocycles. The quantitative estimate of drug-likeness (QED) is 0.839. The van der Waals surface area contributed by atoms with Crippen molar-refractivity contribution < 1.29 is 4.74 Å². The minimum atomic E-state index is -0.00832. The summed E-state index contributed by atoms with van der Waals surface area (Å²) in [5.74, 6) is 0. The molecular weight excluding hydrogens is 248 g/mol. The van der Waals surface area contributed by atoms with E-state index in [0.29, 0.717) is 0 Å².